The van der Waals surface area contributed by atoms with Crippen molar-refractivity contribution < 1.29 is 4.79 Å². The zero-order chi connectivity index (χ0) is 15.1. The lowest BCUT2D eigenvalue weighted by Crippen LogP contribution is -2.27. The van der Waals surface area contributed by atoms with Crippen LogP contribution < -0.4 is 0 Å². The Labute approximate surface area is 130 Å². The molecule has 1 aromatic heterocycles. The predicted octanol–water partition coefficient (Wildman–Crippen LogP) is 1.99. The summed E-state index contributed by atoms with van der Waals surface area (Å²) in [6.07, 6.45) is 5.56. The number of aryl methyl sites for hydroxylation is 3. The van der Waals surface area contributed by atoms with E-state index in [1.165, 1.54) is 17.5 Å². The topological polar surface area (TPSA) is 51.0 Å². The van der Waals surface area contributed by atoms with Gasteiger partial charge in [0.15, 0.2) is 5.82 Å². The first-order chi connectivity index (χ1) is 10.7. The van der Waals surface area contributed by atoms with E-state index in [0.717, 1.165) is 49.4 Å². The van der Waals surface area contributed by atoms with Gasteiger partial charge >= 0.3 is 0 Å². The minimum atomic E-state index is 0.0602. The van der Waals surface area contributed by atoms with Crippen molar-refractivity contribution in [2.45, 2.75) is 45.2 Å². The number of benzene rings is 1. The Morgan fingerprint density at radius 3 is 2.95 bits per heavy atom. The quantitative estimate of drug-likeness (QED) is 0.870. The van der Waals surface area contributed by atoms with Crippen molar-refractivity contribution in [1.82, 2.24) is 19.7 Å². The third kappa shape index (κ3) is 2.21. The Morgan fingerprint density at radius 1 is 1.18 bits per heavy atom. The van der Waals surface area contributed by atoms with Crippen LogP contribution in [-0.4, -0.2) is 32.6 Å². The predicted molar refractivity (Wildman–Crippen MR) is 82.6 cm³/mol. The SMILES string of the molecule is CN(Cc1nnc2n1CCC2)C(=O)c1ccc2c(c1)CCC2. The summed E-state index contributed by atoms with van der Waals surface area (Å²) in [6, 6.07) is 6.13. The minimum absolute atomic E-state index is 0.0602. The number of hydrogen-bond donors (Lipinski definition) is 0. The summed E-state index contributed by atoms with van der Waals surface area (Å²) in [4.78, 5) is 14.4. The number of aromatic nitrogens is 3. The van der Waals surface area contributed by atoms with Crippen LogP contribution >= 0.6 is 0 Å². The van der Waals surface area contributed by atoms with Gasteiger partial charge in [-0.2, -0.15) is 0 Å². The van der Waals surface area contributed by atoms with Crippen LogP contribution in [0, 0.1) is 0 Å². The van der Waals surface area contributed by atoms with E-state index in [-0.39, 0.29) is 5.91 Å². The Kier molecular flexibility index (Phi) is 3.21. The van der Waals surface area contributed by atoms with Crippen LogP contribution in [0.3, 0.4) is 0 Å². The largest absolute Gasteiger partial charge is 0.334 e. The highest BCUT2D eigenvalue weighted by Gasteiger charge is 2.21. The molecule has 2 aliphatic rings. The van der Waals surface area contributed by atoms with Gasteiger partial charge < -0.3 is 9.47 Å². The third-order valence-corrected chi connectivity index (χ3v) is 4.76. The third-order valence-electron chi connectivity index (χ3n) is 4.76. The van der Waals surface area contributed by atoms with Crippen molar-refractivity contribution >= 4 is 5.91 Å². The Morgan fingerprint density at radius 2 is 2.05 bits per heavy atom. The highest BCUT2D eigenvalue weighted by Crippen LogP contribution is 2.23. The van der Waals surface area contributed by atoms with Crippen LogP contribution in [0.5, 0.6) is 0 Å². The Bertz CT molecular complexity index is 734. The molecule has 1 aliphatic carbocycles. The molecule has 1 aliphatic heterocycles. The molecule has 0 fully saturated rings. The van der Waals surface area contributed by atoms with Gasteiger partial charge in [0.1, 0.15) is 5.82 Å². The fraction of sp³-hybridized carbons (Fsp3) is 0.471. The van der Waals surface area contributed by atoms with Crippen LogP contribution in [0.15, 0.2) is 18.2 Å². The van der Waals surface area contributed by atoms with Crippen molar-refractivity contribution in [2.24, 2.45) is 0 Å². The van der Waals surface area contributed by atoms with Gasteiger partial charge in [-0.05, 0) is 48.9 Å². The standard InChI is InChI=1S/C17H20N4O/c1-20(11-16-19-18-15-6-3-9-21(15)16)17(22)14-8-7-12-4-2-5-13(12)10-14/h7-8,10H,2-6,9,11H2,1H3. The van der Waals surface area contributed by atoms with Gasteiger partial charge in [-0.1, -0.05) is 6.07 Å². The van der Waals surface area contributed by atoms with Gasteiger partial charge in [0, 0.05) is 25.6 Å². The Hall–Kier alpha value is -2.17. The van der Waals surface area contributed by atoms with Gasteiger partial charge in [0.25, 0.3) is 5.91 Å². The molecule has 0 unspecified atom stereocenters. The summed E-state index contributed by atoms with van der Waals surface area (Å²) in [5.74, 6) is 2.00. The van der Waals surface area contributed by atoms with Crippen LogP contribution in [0.2, 0.25) is 0 Å². The maximum absolute atomic E-state index is 12.6. The lowest BCUT2D eigenvalue weighted by Gasteiger charge is -2.17. The molecule has 2 heterocycles. The van der Waals surface area contributed by atoms with E-state index in [1.54, 1.807) is 4.90 Å². The van der Waals surface area contributed by atoms with Crippen molar-refractivity contribution in [3.8, 4) is 0 Å². The molecule has 22 heavy (non-hydrogen) atoms. The van der Waals surface area contributed by atoms with Gasteiger partial charge in [-0.15, -0.1) is 10.2 Å². The smallest absolute Gasteiger partial charge is 0.254 e. The molecule has 4 rings (SSSR count). The molecule has 1 aromatic carbocycles. The lowest BCUT2D eigenvalue weighted by atomic mass is 10.1. The number of amides is 1. The molecule has 0 spiro atoms. The van der Waals surface area contributed by atoms with E-state index in [1.807, 2.05) is 13.1 Å². The second-order valence-corrected chi connectivity index (χ2v) is 6.29. The molecular weight excluding hydrogens is 276 g/mol. The van der Waals surface area contributed by atoms with Gasteiger partial charge in [0.2, 0.25) is 0 Å². The molecule has 5 nitrogen and oxygen atoms in total. The molecule has 1 amide bonds. The summed E-state index contributed by atoms with van der Waals surface area (Å²) in [5.41, 5.74) is 3.52. The van der Waals surface area contributed by atoms with Gasteiger partial charge in [-0.25, -0.2) is 0 Å². The fourth-order valence-electron chi connectivity index (χ4n) is 3.54. The van der Waals surface area contributed by atoms with E-state index in [9.17, 15) is 4.79 Å². The lowest BCUT2D eigenvalue weighted by molar-refractivity contribution is 0.0780. The van der Waals surface area contributed by atoms with Crippen LogP contribution in [0.25, 0.3) is 0 Å². The summed E-state index contributed by atoms with van der Waals surface area (Å²) in [5, 5.41) is 8.43. The zero-order valence-electron chi connectivity index (χ0n) is 12.9. The number of rotatable bonds is 3. The first-order valence-corrected chi connectivity index (χ1v) is 8.00. The molecule has 0 atom stereocenters. The molecule has 0 N–H and O–H groups in total. The summed E-state index contributed by atoms with van der Waals surface area (Å²) >= 11 is 0. The molecule has 2 aromatic rings. The van der Waals surface area contributed by atoms with Crippen LogP contribution in [0.4, 0.5) is 0 Å². The number of nitrogens with zero attached hydrogens (tertiary/aromatic N) is 4. The second-order valence-electron chi connectivity index (χ2n) is 6.29. The molecular formula is C17H20N4O. The number of carbonyl (C=O) groups excluding carboxylic acids is 1. The fourth-order valence-corrected chi connectivity index (χ4v) is 3.54. The number of hydrogen-bond acceptors (Lipinski definition) is 3. The summed E-state index contributed by atoms with van der Waals surface area (Å²) < 4.78 is 2.15. The van der Waals surface area contributed by atoms with E-state index in [4.69, 9.17) is 0 Å². The maximum atomic E-state index is 12.6. The second kappa shape index (κ2) is 5.23. The maximum Gasteiger partial charge on any atom is 0.254 e. The minimum Gasteiger partial charge on any atom is -0.334 e. The van der Waals surface area contributed by atoms with Crippen LogP contribution in [-0.2, 0) is 32.4 Å². The van der Waals surface area contributed by atoms with Crippen molar-refractivity contribution in [2.75, 3.05) is 7.05 Å². The van der Waals surface area contributed by atoms with E-state index in [0.29, 0.717) is 6.54 Å². The first kappa shape index (κ1) is 13.5. The number of carbonyl (C=O) groups is 1. The average Bonchev–Trinajstić information content (AvgIpc) is 3.23. The van der Waals surface area contributed by atoms with Crippen LogP contribution in [0.1, 0.15) is 46.0 Å². The average molecular weight is 296 g/mol. The molecule has 0 radical (unpaired) electrons. The van der Waals surface area contributed by atoms with Crippen molar-refractivity contribution in [3.05, 3.63) is 46.5 Å². The van der Waals surface area contributed by atoms with Crippen molar-refractivity contribution in [3.63, 3.8) is 0 Å². The van der Waals surface area contributed by atoms with Gasteiger partial charge in [0.05, 0.1) is 6.54 Å². The van der Waals surface area contributed by atoms with E-state index >= 15 is 0 Å². The highest BCUT2D eigenvalue weighted by molar-refractivity contribution is 5.94. The van der Waals surface area contributed by atoms with Gasteiger partial charge in [-0.3, -0.25) is 4.79 Å². The molecule has 5 heteroatoms. The summed E-state index contributed by atoms with van der Waals surface area (Å²) in [7, 11) is 1.84. The molecule has 0 saturated heterocycles. The van der Waals surface area contributed by atoms with E-state index in [2.05, 4.69) is 26.9 Å². The molecule has 0 saturated carbocycles. The summed E-state index contributed by atoms with van der Waals surface area (Å²) in [6.45, 7) is 1.49. The normalized spacial score (nSPS) is 15.7. The zero-order valence-corrected chi connectivity index (χ0v) is 12.9. The van der Waals surface area contributed by atoms with Crippen molar-refractivity contribution in [1.29, 1.82) is 0 Å². The molecule has 114 valence electrons. The monoisotopic (exact) mass is 296 g/mol. The first-order valence-electron chi connectivity index (χ1n) is 8.00. The Balaban J connectivity index is 1.52. The number of fused-ring (bicyclic) bond motifs is 2. The van der Waals surface area contributed by atoms with E-state index < -0.39 is 0 Å². The molecule has 0 bridgehead atoms. The highest BCUT2D eigenvalue weighted by atomic mass is 16.2.